The molecule has 3 rings (SSSR count). The zero-order valence-corrected chi connectivity index (χ0v) is 18.8. The molecule has 2 N–H and O–H groups in total. The van der Waals surface area contributed by atoms with E-state index in [0.29, 0.717) is 37.2 Å². The van der Waals surface area contributed by atoms with Crippen molar-refractivity contribution >= 4 is 11.6 Å². The van der Waals surface area contributed by atoms with E-state index in [2.05, 4.69) is 10.6 Å². The standard InChI is InChI=1S/C25H30N4O3/c1-4-26-25(28-21-13-14-22(31-3)23(16-21)32-5-2)27-17-19-9-11-20(12-10-19)18-29-15-7-6-8-24(29)30/h6-16H,4-5,17-18H2,1-3H3,(H2,26,27,28). The van der Waals surface area contributed by atoms with Crippen molar-refractivity contribution in [3.8, 4) is 11.5 Å². The van der Waals surface area contributed by atoms with Crippen molar-refractivity contribution in [1.29, 1.82) is 0 Å². The number of methoxy groups -OCH3 is 1. The fourth-order valence-corrected chi connectivity index (χ4v) is 3.17. The van der Waals surface area contributed by atoms with Crippen LogP contribution in [0.5, 0.6) is 11.5 Å². The first-order valence-corrected chi connectivity index (χ1v) is 10.7. The molecule has 3 aromatic rings. The Morgan fingerprint density at radius 3 is 2.47 bits per heavy atom. The van der Waals surface area contributed by atoms with Crippen molar-refractivity contribution < 1.29 is 9.47 Å². The lowest BCUT2D eigenvalue weighted by atomic mass is 10.1. The molecule has 0 radical (unpaired) electrons. The number of pyridine rings is 1. The number of hydrogen-bond acceptors (Lipinski definition) is 4. The Balaban J connectivity index is 1.68. The zero-order valence-electron chi connectivity index (χ0n) is 18.8. The van der Waals surface area contributed by atoms with E-state index < -0.39 is 0 Å². The molecule has 1 heterocycles. The van der Waals surface area contributed by atoms with Crippen molar-refractivity contribution in [2.45, 2.75) is 26.9 Å². The lowest BCUT2D eigenvalue weighted by Gasteiger charge is -2.14. The lowest BCUT2D eigenvalue weighted by molar-refractivity contribution is 0.311. The van der Waals surface area contributed by atoms with E-state index in [9.17, 15) is 4.79 Å². The molecule has 1 aromatic heterocycles. The molecule has 0 unspecified atom stereocenters. The predicted molar refractivity (Wildman–Crippen MR) is 129 cm³/mol. The molecule has 7 heteroatoms. The summed E-state index contributed by atoms with van der Waals surface area (Å²) in [5.74, 6) is 2.06. The second-order valence-corrected chi connectivity index (χ2v) is 7.10. The highest BCUT2D eigenvalue weighted by Crippen LogP contribution is 2.30. The number of guanidine groups is 1. The number of hydrogen-bond donors (Lipinski definition) is 2. The summed E-state index contributed by atoms with van der Waals surface area (Å²) in [6, 6.07) is 19.0. The van der Waals surface area contributed by atoms with Crippen LogP contribution in [-0.4, -0.2) is 30.8 Å². The Bertz CT molecular complexity index is 1090. The maximum absolute atomic E-state index is 11.9. The molecule has 0 aliphatic heterocycles. The molecule has 2 aromatic carbocycles. The van der Waals surface area contributed by atoms with Crippen molar-refractivity contribution in [3.63, 3.8) is 0 Å². The number of nitrogens with one attached hydrogen (secondary N) is 2. The number of aromatic nitrogens is 1. The van der Waals surface area contributed by atoms with Crippen molar-refractivity contribution in [2.24, 2.45) is 4.99 Å². The first kappa shape index (κ1) is 22.9. The van der Waals surface area contributed by atoms with Crippen molar-refractivity contribution in [1.82, 2.24) is 9.88 Å². The highest BCUT2D eigenvalue weighted by Gasteiger charge is 2.07. The van der Waals surface area contributed by atoms with Gasteiger partial charge >= 0.3 is 0 Å². The largest absolute Gasteiger partial charge is 0.493 e. The number of ether oxygens (including phenoxy) is 2. The molecule has 32 heavy (non-hydrogen) atoms. The summed E-state index contributed by atoms with van der Waals surface area (Å²) in [4.78, 5) is 16.6. The number of anilines is 1. The number of benzene rings is 2. The molecule has 0 saturated heterocycles. The van der Waals surface area contributed by atoms with Gasteiger partial charge in [-0.2, -0.15) is 0 Å². The third-order valence-electron chi connectivity index (χ3n) is 4.77. The summed E-state index contributed by atoms with van der Waals surface area (Å²) >= 11 is 0. The van der Waals surface area contributed by atoms with Gasteiger partial charge in [-0.3, -0.25) is 4.79 Å². The van der Waals surface area contributed by atoms with Crippen LogP contribution in [0.2, 0.25) is 0 Å². The molecular weight excluding hydrogens is 404 g/mol. The first-order chi connectivity index (χ1) is 15.6. The van der Waals surface area contributed by atoms with Gasteiger partial charge in [-0.25, -0.2) is 4.99 Å². The Morgan fingerprint density at radius 2 is 1.78 bits per heavy atom. The fraction of sp³-hybridized carbons (Fsp3) is 0.280. The minimum atomic E-state index is -0.00596. The molecule has 0 spiro atoms. The second-order valence-electron chi connectivity index (χ2n) is 7.10. The molecule has 7 nitrogen and oxygen atoms in total. The Hall–Kier alpha value is -3.74. The summed E-state index contributed by atoms with van der Waals surface area (Å²) in [5.41, 5.74) is 3.00. The van der Waals surface area contributed by atoms with E-state index in [1.54, 1.807) is 30.0 Å². The van der Waals surface area contributed by atoms with Crippen LogP contribution in [0.3, 0.4) is 0 Å². The third kappa shape index (κ3) is 6.38. The Morgan fingerprint density at radius 1 is 1.00 bits per heavy atom. The predicted octanol–water partition coefficient (Wildman–Crippen LogP) is 3.88. The van der Waals surface area contributed by atoms with Gasteiger partial charge in [0.05, 0.1) is 26.8 Å². The second kappa shape index (κ2) is 11.6. The molecule has 168 valence electrons. The normalized spacial score (nSPS) is 11.2. The maximum atomic E-state index is 11.9. The minimum Gasteiger partial charge on any atom is -0.493 e. The number of nitrogens with zero attached hydrogens (tertiary/aromatic N) is 2. The van der Waals surface area contributed by atoms with Gasteiger partial charge in [-0.15, -0.1) is 0 Å². The van der Waals surface area contributed by atoms with Crippen LogP contribution < -0.4 is 25.7 Å². The minimum absolute atomic E-state index is 0.00596. The average Bonchev–Trinajstić information content (AvgIpc) is 2.80. The monoisotopic (exact) mass is 434 g/mol. The topological polar surface area (TPSA) is 76.9 Å². The third-order valence-corrected chi connectivity index (χ3v) is 4.77. The SMILES string of the molecule is CCNC(=NCc1ccc(Cn2ccccc2=O)cc1)Nc1ccc(OC)c(OCC)c1. The molecular formula is C25H30N4O3. The smallest absolute Gasteiger partial charge is 0.250 e. The summed E-state index contributed by atoms with van der Waals surface area (Å²) in [7, 11) is 1.62. The molecule has 0 atom stereocenters. The van der Waals surface area contributed by atoms with E-state index in [4.69, 9.17) is 14.5 Å². The van der Waals surface area contributed by atoms with Crippen molar-refractivity contribution in [2.75, 3.05) is 25.6 Å². The van der Waals surface area contributed by atoms with Crippen molar-refractivity contribution in [3.05, 3.63) is 88.3 Å². The van der Waals surface area contributed by atoms with Crippen LogP contribution in [0.15, 0.2) is 76.6 Å². The Kier molecular flexibility index (Phi) is 8.31. The summed E-state index contributed by atoms with van der Waals surface area (Å²) < 4.78 is 12.7. The van der Waals surface area contributed by atoms with Crippen LogP contribution in [0.1, 0.15) is 25.0 Å². The van der Waals surface area contributed by atoms with Crippen LogP contribution in [0, 0.1) is 0 Å². The van der Waals surface area contributed by atoms with Gasteiger partial charge in [0.2, 0.25) is 0 Å². The van der Waals surface area contributed by atoms with E-state index in [0.717, 1.165) is 23.4 Å². The summed E-state index contributed by atoms with van der Waals surface area (Å²) in [5, 5.41) is 6.58. The van der Waals surface area contributed by atoms with E-state index in [1.165, 1.54) is 0 Å². The van der Waals surface area contributed by atoms with Crippen LogP contribution in [-0.2, 0) is 13.1 Å². The van der Waals surface area contributed by atoms with Gasteiger partial charge < -0.3 is 24.7 Å². The number of rotatable bonds is 9. The molecule has 0 saturated carbocycles. The summed E-state index contributed by atoms with van der Waals surface area (Å²) in [6.07, 6.45) is 1.80. The molecule has 0 fully saturated rings. The highest BCUT2D eigenvalue weighted by atomic mass is 16.5. The highest BCUT2D eigenvalue weighted by molar-refractivity contribution is 5.93. The first-order valence-electron chi connectivity index (χ1n) is 10.7. The molecule has 0 bridgehead atoms. The lowest BCUT2D eigenvalue weighted by Crippen LogP contribution is -2.30. The van der Waals surface area contributed by atoms with Gasteiger partial charge in [-0.1, -0.05) is 30.3 Å². The maximum Gasteiger partial charge on any atom is 0.250 e. The van der Waals surface area contributed by atoms with Gasteiger partial charge in [0, 0.05) is 30.6 Å². The molecule has 0 aliphatic rings. The van der Waals surface area contributed by atoms with Gasteiger partial charge in [0.25, 0.3) is 5.56 Å². The average molecular weight is 435 g/mol. The van der Waals surface area contributed by atoms with E-state index in [-0.39, 0.29) is 5.56 Å². The van der Waals surface area contributed by atoms with Crippen LogP contribution >= 0.6 is 0 Å². The van der Waals surface area contributed by atoms with Gasteiger partial charge in [-0.05, 0) is 43.2 Å². The van der Waals surface area contributed by atoms with Gasteiger partial charge in [0.1, 0.15) is 0 Å². The molecule has 0 aliphatic carbocycles. The number of aliphatic imine (C=N–C) groups is 1. The Labute approximate surface area is 188 Å². The van der Waals surface area contributed by atoms with Gasteiger partial charge in [0.15, 0.2) is 17.5 Å². The summed E-state index contributed by atoms with van der Waals surface area (Å²) in [6.45, 7) is 6.34. The van der Waals surface area contributed by atoms with Crippen LogP contribution in [0.4, 0.5) is 5.69 Å². The quantitative estimate of drug-likeness (QED) is 0.395. The van der Waals surface area contributed by atoms with E-state index >= 15 is 0 Å². The van der Waals surface area contributed by atoms with E-state index in [1.807, 2.05) is 62.4 Å². The van der Waals surface area contributed by atoms with Crippen LogP contribution in [0.25, 0.3) is 0 Å². The molecule has 0 amide bonds. The zero-order chi connectivity index (χ0) is 22.8. The fourth-order valence-electron chi connectivity index (χ4n) is 3.17.